The second-order valence-corrected chi connectivity index (χ2v) is 31.2. The van der Waals surface area contributed by atoms with Gasteiger partial charge in [0.05, 0.1) is 5.69 Å². The molecule has 0 radical (unpaired) electrons. The summed E-state index contributed by atoms with van der Waals surface area (Å²) in [5.74, 6) is 7.63. The summed E-state index contributed by atoms with van der Waals surface area (Å²) in [7, 11) is -1.38. The van der Waals surface area contributed by atoms with Gasteiger partial charge in [-0.15, -0.1) is 0 Å². The molecule has 0 bridgehead atoms. The molecule has 1 saturated heterocycles. The Morgan fingerprint density at radius 1 is 0.469 bits per heavy atom. The van der Waals surface area contributed by atoms with Crippen molar-refractivity contribution in [3.8, 4) is 28.5 Å². The van der Waals surface area contributed by atoms with E-state index in [1.807, 2.05) is 71.5 Å². The first-order valence-corrected chi connectivity index (χ1v) is 33.5. The summed E-state index contributed by atoms with van der Waals surface area (Å²) in [5, 5.41) is 28.2. The fraction of sp³-hybridized carbons (Fsp3) is 0.456. The normalized spacial score (nSPS) is 11.9. The van der Waals surface area contributed by atoms with Gasteiger partial charge in [-0.05, 0) is 113 Å². The molecule has 3 aromatic carbocycles. The van der Waals surface area contributed by atoms with Crippen LogP contribution in [0.3, 0.4) is 0 Å². The van der Waals surface area contributed by atoms with Crippen LogP contribution in [0.1, 0.15) is 193 Å². The van der Waals surface area contributed by atoms with Crippen LogP contribution in [0, 0.1) is 5.92 Å². The Kier molecular flexibility index (Phi) is 38.2. The van der Waals surface area contributed by atoms with Crippen molar-refractivity contribution in [1.82, 2.24) is 79.8 Å². The maximum Gasteiger partial charge on any atom is 2.00 e. The average Bonchev–Trinajstić information content (AvgIpc) is 1.18. The van der Waals surface area contributed by atoms with Crippen molar-refractivity contribution in [3.63, 3.8) is 0 Å². The summed E-state index contributed by atoms with van der Waals surface area (Å²) in [6.07, 6.45) is 9.71. The second-order valence-electron chi connectivity index (χ2n) is 28.0. The number of nitrogens with one attached hydrogen (secondary N) is 1. The van der Waals surface area contributed by atoms with Crippen molar-refractivity contribution >= 4 is 114 Å². The number of aromatic nitrogens is 16. The quantitative estimate of drug-likeness (QED) is 0.109. The Bertz CT molecular complexity index is 3530. The molecule has 9 aromatic rings. The van der Waals surface area contributed by atoms with Crippen molar-refractivity contribution in [3.05, 3.63) is 181 Å². The Morgan fingerprint density at radius 3 is 1.10 bits per heavy atom. The maximum atomic E-state index is 8.68. The van der Waals surface area contributed by atoms with Gasteiger partial charge in [0.1, 0.15) is 34.9 Å². The number of hydrogen-bond donors (Lipinski definition) is 3. The molecular formula is C68H92BBr2Cl5MgN16O3. The van der Waals surface area contributed by atoms with E-state index in [9.17, 15) is 0 Å². The SMILES string of the molecule is C1CCOC1.CC(C)(C)c1nc(-c2cccc(-n3cccn3)c2)nc(C(C)(C)C)n1.CC(C)(C)c1nc(-c2cccc(Br)c2)nc(C(C)(C)C)n1.CC(C)(C)c1nc(Cl)nc(C(C)(C)C)n1.C[C-](C)C.Clc1nc(Cl)nc(Cl)n1.OB(O)c1cccc(Br)c1.[Cl-].[Mg+2].c1cn[nH]c1. The number of H-pyrrole nitrogens is 1. The van der Waals surface area contributed by atoms with E-state index >= 15 is 0 Å². The number of hydrogen-bond acceptors (Lipinski definition) is 17. The van der Waals surface area contributed by atoms with Gasteiger partial charge in [0.15, 0.2) is 11.6 Å². The van der Waals surface area contributed by atoms with Gasteiger partial charge >= 0.3 is 30.2 Å². The van der Waals surface area contributed by atoms with Crippen molar-refractivity contribution in [2.24, 2.45) is 0 Å². The number of nitrogens with zero attached hydrogens (tertiary/aromatic N) is 15. The molecule has 0 atom stereocenters. The van der Waals surface area contributed by atoms with E-state index in [0.717, 1.165) is 79.7 Å². The standard InChI is InChI=1S/C20H25N5.C17H22BrN3.C11H18ClN3.C6H6BBrO2.C4H8O.C4H9.C3Cl3N3.C3H4N2.ClH.Mg/c1-19(2,3)17-22-16(23-18(24-17)20(4,5)6)14-9-7-10-15(13-14)25-12-8-11-21-25;1-16(2,3)14-19-13(11-8-7-9-12(18)10-11)20-15(21-14)17(4,5)6;1-10(2,3)7-13-8(11(4,5)6)15-9(12)14-7;8-6-3-1-2-5(4-6)7(9)10;1-2-4-5-3-1;1-4(2)3;4-1-7-2(5)9-3(6)8-1;1-2-4-5-3-1;;/h7-13H,1-6H3;7-10H,1-6H3;1-6H3;1-4,9-10H;1-4H2;1-3H3;;1-3H,(H,4,5);1H;/q;;;;;-1;;;;+2/p-1. The van der Waals surface area contributed by atoms with Gasteiger partial charge in [0.25, 0.3) is 0 Å². The first-order valence-electron chi connectivity index (χ1n) is 30.4. The summed E-state index contributed by atoms with van der Waals surface area (Å²) in [6.45, 7) is 46.1. The molecular weight excluding hydrogens is 1460 g/mol. The fourth-order valence-corrected chi connectivity index (χ4v) is 8.49. The third kappa shape index (κ3) is 34.3. The number of benzene rings is 3. The van der Waals surface area contributed by atoms with Crippen LogP contribution in [0.5, 0.6) is 0 Å². The van der Waals surface area contributed by atoms with Crippen LogP contribution in [-0.2, 0) is 37.2 Å². The minimum Gasteiger partial charge on any atom is -1.00 e. The largest absolute Gasteiger partial charge is 2.00 e. The number of ether oxygens (including phenoxy) is 1. The third-order valence-electron chi connectivity index (χ3n) is 11.8. The van der Waals surface area contributed by atoms with Crippen molar-refractivity contribution in [1.29, 1.82) is 0 Å². The minimum atomic E-state index is -1.38. The monoisotopic (exact) mass is 1550 g/mol. The van der Waals surface area contributed by atoms with Gasteiger partial charge in [0, 0.05) is 90.6 Å². The van der Waals surface area contributed by atoms with Crippen LogP contribution in [0.25, 0.3) is 28.5 Å². The zero-order valence-electron chi connectivity index (χ0n) is 59.2. The smallest absolute Gasteiger partial charge is 1.00 e. The molecule has 3 N–H and O–H groups in total. The van der Waals surface area contributed by atoms with Gasteiger partial charge in [-0.3, -0.25) is 5.10 Å². The van der Waals surface area contributed by atoms with E-state index in [4.69, 9.17) is 76.1 Å². The first-order chi connectivity index (χ1) is 43.4. The molecule has 0 aliphatic carbocycles. The maximum absolute atomic E-state index is 8.68. The van der Waals surface area contributed by atoms with E-state index < -0.39 is 7.12 Å². The predicted molar refractivity (Wildman–Crippen MR) is 396 cm³/mol. The topological polar surface area (TPSA) is 251 Å². The minimum absolute atomic E-state index is 0. The Morgan fingerprint density at radius 2 is 0.823 bits per heavy atom. The number of aromatic amines is 1. The van der Waals surface area contributed by atoms with Crippen molar-refractivity contribution in [2.75, 3.05) is 13.2 Å². The summed E-state index contributed by atoms with van der Waals surface area (Å²) in [4.78, 5) is 51.5. The zero-order valence-corrected chi connectivity index (χ0v) is 67.5. The van der Waals surface area contributed by atoms with E-state index in [0.29, 0.717) is 11.3 Å². The summed E-state index contributed by atoms with van der Waals surface area (Å²) >= 11 is 28.6. The van der Waals surface area contributed by atoms with Crippen LogP contribution in [0.4, 0.5) is 0 Å². The molecule has 19 nitrogen and oxygen atoms in total. The number of rotatable bonds is 4. The van der Waals surface area contributed by atoms with Crippen molar-refractivity contribution in [2.45, 2.75) is 191 Å². The molecule has 516 valence electrons. The molecule has 1 fully saturated rings. The molecule has 96 heavy (non-hydrogen) atoms. The van der Waals surface area contributed by atoms with Gasteiger partial charge < -0.3 is 33.1 Å². The molecule has 28 heteroatoms. The van der Waals surface area contributed by atoms with Gasteiger partial charge in [0.2, 0.25) is 21.1 Å². The second kappa shape index (κ2) is 41.1. The molecule has 7 heterocycles. The predicted octanol–water partition coefficient (Wildman–Crippen LogP) is 13.7. The van der Waals surface area contributed by atoms with E-state index in [1.165, 1.54) is 18.8 Å². The Labute approximate surface area is 628 Å². The molecule has 0 amide bonds. The first kappa shape index (κ1) is 89.3. The van der Waals surface area contributed by atoms with E-state index in [1.54, 1.807) is 36.8 Å². The molecule has 10 rings (SSSR count). The van der Waals surface area contributed by atoms with Crippen LogP contribution in [-0.4, -0.2) is 133 Å². The van der Waals surface area contributed by atoms with Gasteiger partial charge in [-0.25, -0.2) is 49.5 Å². The van der Waals surface area contributed by atoms with Crippen LogP contribution >= 0.6 is 78.3 Å². The van der Waals surface area contributed by atoms with Crippen LogP contribution < -0.4 is 17.9 Å². The summed E-state index contributed by atoms with van der Waals surface area (Å²) in [6, 6.07) is 26.8. The fourth-order valence-electron chi connectivity index (χ4n) is 6.91. The van der Waals surface area contributed by atoms with E-state index in [2.05, 4.69) is 243 Å². The van der Waals surface area contributed by atoms with Crippen LogP contribution in [0.15, 0.2) is 119 Å². The third-order valence-corrected chi connectivity index (χ3v) is 13.5. The molecule has 1 aliphatic heterocycles. The molecule has 6 aromatic heterocycles. The number of halogens is 7. The molecule has 0 spiro atoms. The summed E-state index contributed by atoms with van der Waals surface area (Å²) < 4.78 is 8.65. The van der Waals surface area contributed by atoms with Gasteiger partial charge in [-0.1, -0.05) is 193 Å². The van der Waals surface area contributed by atoms with Gasteiger partial charge in [-0.2, -0.15) is 45.9 Å². The Balaban J connectivity index is 0.000000586. The Hall–Kier alpha value is -4.76. The zero-order chi connectivity index (χ0) is 71.0. The average molecular weight is 1550 g/mol. The van der Waals surface area contributed by atoms with Crippen LogP contribution in [0.2, 0.25) is 21.1 Å². The van der Waals surface area contributed by atoms with Crippen molar-refractivity contribution < 1.29 is 27.2 Å². The molecule has 0 unspecified atom stereocenters. The van der Waals surface area contributed by atoms with E-state index in [-0.39, 0.29) is 89.1 Å². The molecule has 1 aliphatic rings. The molecule has 0 saturated carbocycles. The summed E-state index contributed by atoms with van der Waals surface area (Å²) in [5.41, 5.74) is 2.74.